The molecule has 1 fully saturated rings. The zero-order chi connectivity index (χ0) is 11.1. The normalized spacial score (nSPS) is 20.1. The van der Waals surface area contributed by atoms with Crippen LogP contribution in [-0.2, 0) is 9.47 Å². The zero-order valence-electron chi connectivity index (χ0n) is 9.61. The van der Waals surface area contributed by atoms with Gasteiger partial charge in [-0.2, -0.15) is 5.26 Å². The van der Waals surface area contributed by atoms with Gasteiger partial charge in [0.1, 0.15) is 0 Å². The Kier molecular flexibility index (Phi) is 5.62. The van der Waals surface area contributed by atoms with Crippen LogP contribution in [0.4, 0.5) is 0 Å². The minimum Gasteiger partial charge on any atom is -0.353 e. The lowest BCUT2D eigenvalue weighted by Gasteiger charge is -2.25. The molecule has 1 saturated heterocycles. The Morgan fingerprint density at radius 2 is 2.13 bits per heavy atom. The number of nitriles is 1. The van der Waals surface area contributed by atoms with Crippen LogP contribution in [0.25, 0.3) is 0 Å². The van der Waals surface area contributed by atoms with Crippen molar-refractivity contribution in [3.05, 3.63) is 0 Å². The summed E-state index contributed by atoms with van der Waals surface area (Å²) in [5.41, 5.74) is 0. The first kappa shape index (κ1) is 12.4. The maximum absolute atomic E-state index is 8.67. The Morgan fingerprint density at radius 3 is 2.73 bits per heavy atom. The van der Waals surface area contributed by atoms with Crippen LogP contribution in [0.15, 0.2) is 0 Å². The second kappa shape index (κ2) is 6.78. The van der Waals surface area contributed by atoms with Gasteiger partial charge in [0.2, 0.25) is 0 Å². The van der Waals surface area contributed by atoms with Gasteiger partial charge in [-0.15, -0.1) is 0 Å². The van der Waals surface area contributed by atoms with Crippen molar-refractivity contribution in [2.75, 3.05) is 33.4 Å². The number of hydrogen-bond donors (Lipinski definition) is 0. The van der Waals surface area contributed by atoms with E-state index in [9.17, 15) is 0 Å². The molecule has 0 N–H and O–H groups in total. The van der Waals surface area contributed by atoms with Crippen molar-refractivity contribution in [2.45, 2.75) is 26.1 Å². The molecule has 86 valence electrons. The predicted molar refractivity (Wildman–Crippen MR) is 57.2 cm³/mol. The summed E-state index contributed by atoms with van der Waals surface area (Å²) in [6.45, 7) is 5.27. The van der Waals surface area contributed by atoms with E-state index in [2.05, 4.69) is 11.0 Å². The summed E-state index contributed by atoms with van der Waals surface area (Å²) < 4.78 is 10.9. The van der Waals surface area contributed by atoms with E-state index in [1.807, 2.05) is 14.0 Å². The van der Waals surface area contributed by atoms with E-state index in [1.54, 1.807) is 0 Å². The topological polar surface area (TPSA) is 45.5 Å². The number of ether oxygens (including phenoxy) is 2. The fourth-order valence-electron chi connectivity index (χ4n) is 1.63. The predicted octanol–water partition coefficient (Wildman–Crippen LogP) is 1.23. The third-order valence-corrected chi connectivity index (χ3v) is 2.45. The molecule has 4 heteroatoms. The lowest BCUT2D eigenvalue weighted by Crippen LogP contribution is -2.31. The Bertz CT molecular complexity index is 209. The van der Waals surface area contributed by atoms with Gasteiger partial charge in [-0.3, -0.25) is 0 Å². The quantitative estimate of drug-likeness (QED) is 0.687. The molecule has 0 bridgehead atoms. The molecule has 1 rings (SSSR count). The number of rotatable bonds is 5. The van der Waals surface area contributed by atoms with Crippen molar-refractivity contribution >= 4 is 0 Å². The van der Waals surface area contributed by atoms with E-state index in [0.717, 1.165) is 39.1 Å². The maximum Gasteiger partial charge on any atom is 0.158 e. The third kappa shape index (κ3) is 5.12. The molecule has 0 amide bonds. The minimum absolute atomic E-state index is 0.0430. The first-order chi connectivity index (χ1) is 7.22. The molecule has 1 aliphatic rings. The standard InChI is InChI=1S/C11H20N2O2/c1-10(8-12)9-13(2)5-4-11-14-6-3-7-15-11/h10-11H,3-7,9H2,1-2H3. The van der Waals surface area contributed by atoms with Crippen molar-refractivity contribution in [2.24, 2.45) is 5.92 Å². The Hall–Kier alpha value is -0.630. The van der Waals surface area contributed by atoms with Gasteiger partial charge in [0.05, 0.1) is 25.2 Å². The highest BCUT2D eigenvalue weighted by Gasteiger charge is 2.15. The summed E-state index contributed by atoms with van der Waals surface area (Å²) in [7, 11) is 2.02. The molecule has 1 heterocycles. The molecule has 0 aromatic rings. The van der Waals surface area contributed by atoms with Gasteiger partial charge < -0.3 is 14.4 Å². The van der Waals surface area contributed by atoms with Gasteiger partial charge in [-0.25, -0.2) is 0 Å². The van der Waals surface area contributed by atoms with Gasteiger partial charge in [0.25, 0.3) is 0 Å². The summed E-state index contributed by atoms with van der Waals surface area (Å²) in [5.74, 6) is 0.0863. The van der Waals surface area contributed by atoms with Gasteiger partial charge in [-0.05, 0) is 20.4 Å². The van der Waals surface area contributed by atoms with Crippen molar-refractivity contribution in [1.29, 1.82) is 5.26 Å². The molecular formula is C11H20N2O2. The summed E-state index contributed by atoms with van der Waals surface area (Å²) in [4.78, 5) is 2.15. The van der Waals surface area contributed by atoms with Gasteiger partial charge in [0.15, 0.2) is 6.29 Å². The fraction of sp³-hybridized carbons (Fsp3) is 0.909. The SMILES string of the molecule is CC(C#N)CN(C)CCC1OCCCO1. The molecule has 4 nitrogen and oxygen atoms in total. The van der Waals surface area contributed by atoms with Crippen molar-refractivity contribution < 1.29 is 9.47 Å². The van der Waals surface area contributed by atoms with Crippen molar-refractivity contribution in [1.82, 2.24) is 4.90 Å². The minimum atomic E-state index is -0.0430. The van der Waals surface area contributed by atoms with E-state index in [-0.39, 0.29) is 12.2 Å². The third-order valence-electron chi connectivity index (χ3n) is 2.45. The van der Waals surface area contributed by atoms with E-state index in [4.69, 9.17) is 14.7 Å². The van der Waals surface area contributed by atoms with Crippen LogP contribution < -0.4 is 0 Å². The van der Waals surface area contributed by atoms with Crippen molar-refractivity contribution in [3.8, 4) is 6.07 Å². The van der Waals surface area contributed by atoms with Crippen molar-refractivity contribution in [3.63, 3.8) is 0 Å². The smallest absolute Gasteiger partial charge is 0.158 e. The van der Waals surface area contributed by atoms with Crippen LogP contribution in [0.2, 0.25) is 0 Å². The molecule has 0 saturated carbocycles. The van der Waals surface area contributed by atoms with Crippen LogP contribution in [0, 0.1) is 17.2 Å². The summed E-state index contributed by atoms with van der Waals surface area (Å²) >= 11 is 0. The monoisotopic (exact) mass is 212 g/mol. The molecule has 0 aliphatic carbocycles. The Morgan fingerprint density at radius 1 is 1.47 bits per heavy atom. The zero-order valence-corrected chi connectivity index (χ0v) is 9.61. The molecule has 1 aliphatic heterocycles. The molecule has 0 aromatic carbocycles. The van der Waals surface area contributed by atoms with Gasteiger partial charge >= 0.3 is 0 Å². The van der Waals surface area contributed by atoms with Crippen LogP contribution in [0.5, 0.6) is 0 Å². The van der Waals surface area contributed by atoms with E-state index in [1.165, 1.54) is 0 Å². The molecule has 1 unspecified atom stereocenters. The first-order valence-corrected chi connectivity index (χ1v) is 5.53. The first-order valence-electron chi connectivity index (χ1n) is 5.53. The lowest BCUT2D eigenvalue weighted by molar-refractivity contribution is -0.182. The molecule has 0 spiro atoms. The van der Waals surface area contributed by atoms with Gasteiger partial charge in [-0.1, -0.05) is 0 Å². The van der Waals surface area contributed by atoms with Crippen LogP contribution >= 0.6 is 0 Å². The average molecular weight is 212 g/mol. The van der Waals surface area contributed by atoms with E-state index >= 15 is 0 Å². The maximum atomic E-state index is 8.67. The lowest BCUT2D eigenvalue weighted by atomic mass is 10.2. The second-order valence-corrected chi connectivity index (χ2v) is 4.11. The number of hydrogen-bond acceptors (Lipinski definition) is 4. The molecule has 15 heavy (non-hydrogen) atoms. The Labute approximate surface area is 91.8 Å². The highest BCUT2D eigenvalue weighted by atomic mass is 16.7. The van der Waals surface area contributed by atoms with Crippen LogP contribution in [0.3, 0.4) is 0 Å². The summed E-state index contributed by atoms with van der Waals surface area (Å²) in [5, 5.41) is 8.67. The highest BCUT2D eigenvalue weighted by molar-refractivity contribution is 4.80. The molecule has 0 aromatic heterocycles. The highest BCUT2D eigenvalue weighted by Crippen LogP contribution is 2.09. The van der Waals surface area contributed by atoms with Crippen LogP contribution in [0.1, 0.15) is 19.8 Å². The summed E-state index contributed by atoms with van der Waals surface area (Å²) in [6.07, 6.45) is 1.84. The van der Waals surface area contributed by atoms with E-state index < -0.39 is 0 Å². The second-order valence-electron chi connectivity index (χ2n) is 4.11. The Balaban J connectivity index is 2.10. The van der Waals surface area contributed by atoms with Gasteiger partial charge in [0, 0.05) is 19.5 Å². The van der Waals surface area contributed by atoms with E-state index in [0.29, 0.717) is 0 Å². The molecule has 1 atom stereocenters. The largest absolute Gasteiger partial charge is 0.353 e. The fourth-order valence-corrected chi connectivity index (χ4v) is 1.63. The molecular weight excluding hydrogens is 192 g/mol. The number of nitrogens with zero attached hydrogens (tertiary/aromatic N) is 2. The summed E-state index contributed by atoms with van der Waals surface area (Å²) in [6, 6.07) is 2.23. The molecule has 0 radical (unpaired) electrons. The van der Waals surface area contributed by atoms with Crippen LogP contribution in [-0.4, -0.2) is 44.5 Å². The average Bonchev–Trinajstić information content (AvgIpc) is 2.27.